The maximum absolute atomic E-state index is 11.7. The number of carbonyl (C=O) groups excluding carboxylic acids is 1. The van der Waals surface area contributed by atoms with Crippen LogP contribution in [0.4, 0.5) is 10.5 Å². The number of hydrogen-bond donors (Lipinski definition) is 1. The van der Waals surface area contributed by atoms with E-state index in [1.54, 1.807) is 45.0 Å². The van der Waals surface area contributed by atoms with Crippen molar-refractivity contribution in [3.05, 3.63) is 36.4 Å². The zero-order chi connectivity index (χ0) is 14.0. The van der Waals surface area contributed by atoms with Gasteiger partial charge in [-0.2, -0.15) is 0 Å². The Morgan fingerprint density at radius 3 is 2.37 bits per heavy atom. The maximum Gasteiger partial charge on any atom is 0.412 e. The van der Waals surface area contributed by atoms with Gasteiger partial charge in [-0.25, -0.2) is 4.79 Å². The molecular weight excluding hydrogens is 242 g/mol. The van der Waals surface area contributed by atoms with Crippen LogP contribution in [0.15, 0.2) is 36.4 Å². The second-order valence-corrected chi connectivity index (χ2v) is 5.28. The predicted octanol–water partition coefficient (Wildman–Crippen LogP) is 3.26. The minimum absolute atomic E-state index is 0.0645. The number of rotatable bonds is 1. The Kier molecular flexibility index (Phi) is 3.34. The van der Waals surface area contributed by atoms with Crippen LogP contribution in [0.25, 0.3) is 10.8 Å². The fourth-order valence-corrected chi connectivity index (χ4v) is 1.79. The van der Waals surface area contributed by atoms with Gasteiger partial charge in [0.1, 0.15) is 5.60 Å². The molecule has 4 nitrogen and oxygen atoms in total. The monoisotopic (exact) mass is 258 g/mol. The molecule has 0 saturated carbocycles. The van der Waals surface area contributed by atoms with Gasteiger partial charge in [-0.15, -0.1) is 5.75 Å². The normalized spacial score (nSPS) is 11.3. The number of nitrogens with one attached hydrogen (secondary N) is 1. The Balaban J connectivity index is 2.31. The van der Waals surface area contributed by atoms with Crippen LogP contribution in [0.5, 0.6) is 5.75 Å². The van der Waals surface area contributed by atoms with Crippen molar-refractivity contribution in [2.75, 3.05) is 5.32 Å². The summed E-state index contributed by atoms with van der Waals surface area (Å²) >= 11 is 0. The first-order chi connectivity index (χ1) is 8.87. The lowest BCUT2D eigenvalue weighted by atomic mass is 10.1. The van der Waals surface area contributed by atoms with Crippen LogP contribution in [0.2, 0.25) is 0 Å². The second kappa shape index (κ2) is 4.80. The van der Waals surface area contributed by atoms with E-state index in [1.807, 2.05) is 6.07 Å². The summed E-state index contributed by atoms with van der Waals surface area (Å²) < 4.78 is 5.19. The summed E-state index contributed by atoms with van der Waals surface area (Å²) in [7, 11) is 0. The molecule has 0 aliphatic heterocycles. The smallest absolute Gasteiger partial charge is 0.412 e. The fourth-order valence-electron chi connectivity index (χ4n) is 1.79. The van der Waals surface area contributed by atoms with Gasteiger partial charge in [-0.3, -0.25) is 5.32 Å². The summed E-state index contributed by atoms with van der Waals surface area (Å²) in [6, 6.07) is 10.2. The van der Waals surface area contributed by atoms with Crippen molar-refractivity contribution in [1.82, 2.24) is 0 Å². The zero-order valence-electron chi connectivity index (χ0n) is 11.2. The molecule has 0 saturated heterocycles. The van der Waals surface area contributed by atoms with Gasteiger partial charge in [0.2, 0.25) is 0 Å². The molecule has 0 aliphatic carbocycles. The zero-order valence-corrected chi connectivity index (χ0v) is 11.2. The SMILES string of the molecule is CC(C)(C)OC(=O)Nc1ccc([O-])c2ccccc12. The van der Waals surface area contributed by atoms with Gasteiger partial charge < -0.3 is 9.84 Å². The number of carbonyl (C=O) groups is 1. The molecule has 2 aromatic carbocycles. The molecule has 0 bridgehead atoms. The minimum Gasteiger partial charge on any atom is -0.872 e. The molecule has 4 heteroatoms. The molecule has 0 unspecified atom stereocenters. The average Bonchev–Trinajstić information content (AvgIpc) is 2.31. The van der Waals surface area contributed by atoms with Crippen LogP contribution in [-0.4, -0.2) is 11.7 Å². The maximum atomic E-state index is 11.7. The molecule has 0 radical (unpaired) electrons. The molecule has 19 heavy (non-hydrogen) atoms. The molecule has 1 amide bonds. The highest BCUT2D eigenvalue weighted by Gasteiger charge is 2.16. The summed E-state index contributed by atoms with van der Waals surface area (Å²) in [5.74, 6) is -0.0645. The molecule has 0 atom stereocenters. The quantitative estimate of drug-likeness (QED) is 0.854. The van der Waals surface area contributed by atoms with Gasteiger partial charge in [0.25, 0.3) is 0 Å². The van der Waals surface area contributed by atoms with Gasteiger partial charge in [-0.05, 0) is 32.2 Å². The van der Waals surface area contributed by atoms with Gasteiger partial charge in [-0.1, -0.05) is 30.3 Å². The Morgan fingerprint density at radius 1 is 1.11 bits per heavy atom. The van der Waals surface area contributed by atoms with E-state index in [4.69, 9.17) is 4.74 Å². The Labute approximate surface area is 112 Å². The van der Waals surface area contributed by atoms with Crippen molar-refractivity contribution in [3.8, 4) is 5.75 Å². The van der Waals surface area contributed by atoms with E-state index in [0.717, 1.165) is 0 Å². The fraction of sp³-hybridized carbons (Fsp3) is 0.267. The summed E-state index contributed by atoms with van der Waals surface area (Å²) in [5.41, 5.74) is 0.0164. The lowest BCUT2D eigenvalue weighted by Gasteiger charge is -2.20. The molecule has 0 spiro atoms. The van der Waals surface area contributed by atoms with Gasteiger partial charge in [0, 0.05) is 5.39 Å². The Morgan fingerprint density at radius 2 is 1.74 bits per heavy atom. The van der Waals surface area contributed by atoms with E-state index in [1.165, 1.54) is 6.07 Å². The lowest BCUT2D eigenvalue weighted by molar-refractivity contribution is -0.265. The molecule has 1 N–H and O–H groups in total. The molecule has 2 aromatic rings. The van der Waals surface area contributed by atoms with Crippen molar-refractivity contribution in [1.29, 1.82) is 0 Å². The van der Waals surface area contributed by atoms with E-state index in [-0.39, 0.29) is 5.75 Å². The van der Waals surface area contributed by atoms with Crippen LogP contribution in [0.3, 0.4) is 0 Å². The highest BCUT2D eigenvalue weighted by molar-refractivity contribution is 6.02. The average molecular weight is 258 g/mol. The molecular formula is C15H16NO3-. The number of ether oxygens (including phenoxy) is 1. The van der Waals surface area contributed by atoms with Crippen molar-refractivity contribution in [3.63, 3.8) is 0 Å². The topological polar surface area (TPSA) is 61.4 Å². The minimum atomic E-state index is -0.557. The third-order valence-electron chi connectivity index (χ3n) is 2.52. The van der Waals surface area contributed by atoms with Crippen LogP contribution in [-0.2, 0) is 4.74 Å². The van der Waals surface area contributed by atoms with Gasteiger partial charge in [0.15, 0.2) is 0 Å². The molecule has 0 aliphatic rings. The van der Waals surface area contributed by atoms with Crippen LogP contribution in [0, 0.1) is 0 Å². The number of benzene rings is 2. The number of amides is 1. The standard InChI is InChI=1S/C15H17NO3/c1-15(2,3)19-14(18)16-12-8-9-13(17)11-7-5-4-6-10(11)12/h4-9,17H,1-3H3,(H,16,18)/p-1. The highest BCUT2D eigenvalue weighted by Crippen LogP contribution is 2.29. The number of anilines is 1. The highest BCUT2D eigenvalue weighted by atomic mass is 16.6. The van der Waals surface area contributed by atoms with Crippen LogP contribution in [0.1, 0.15) is 20.8 Å². The van der Waals surface area contributed by atoms with E-state index in [9.17, 15) is 9.90 Å². The van der Waals surface area contributed by atoms with Crippen LogP contribution >= 0.6 is 0 Å². The molecule has 0 fully saturated rings. The van der Waals surface area contributed by atoms with Gasteiger partial charge in [0.05, 0.1) is 5.69 Å². The molecule has 0 aromatic heterocycles. The van der Waals surface area contributed by atoms with E-state index < -0.39 is 11.7 Å². The Bertz CT molecular complexity index is 614. The lowest BCUT2D eigenvalue weighted by Crippen LogP contribution is -2.27. The van der Waals surface area contributed by atoms with Crippen molar-refractivity contribution in [2.24, 2.45) is 0 Å². The van der Waals surface area contributed by atoms with E-state index >= 15 is 0 Å². The third-order valence-corrected chi connectivity index (χ3v) is 2.52. The summed E-state index contributed by atoms with van der Waals surface area (Å²) in [6.45, 7) is 5.39. The second-order valence-electron chi connectivity index (χ2n) is 5.28. The van der Waals surface area contributed by atoms with Gasteiger partial charge >= 0.3 is 6.09 Å². The predicted molar refractivity (Wildman–Crippen MR) is 73.3 cm³/mol. The van der Waals surface area contributed by atoms with E-state index in [2.05, 4.69) is 5.32 Å². The van der Waals surface area contributed by atoms with E-state index in [0.29, 0.717) is 16.5 Å². The number of hydrogen-bond acceptors (Lipinski definition) is 3. The largest absolute Gasteiger partial charge is 0.872 e. The molecule has 100 valence electrons. The van der Waals surface area contributed by atoms with Crippen molar-refractivity contribution >= 4 is 22.6 Å². The summed E-state index contributed by atoms with van der Waals surface area (Å²) in [6.07, 6.45) is -0.531. The first-order valence-corrected chi connectivity index (χ1v) is 6.05. The molecule has 0 heterocycles. The summed E-state index contributed by atoms with van der Waals surface area (Å²) in [4.78, 5) is 11.7. The van der Waals surface area contributed by atoms with Crippen LogP contribution < -0.4 is 10.4 Å². The first-order valence-electron chi connectivity index (χ1n) is 6.05. The third kappa shape index (κ3) is 3.16. The number of fused-ring (bicyclic) bond motifs is 1. The first kappa shape index (κ1) is 13.2. The van der Waals surface area contributed by atoms with Crippen molar-refractivity contribution in [2.45, 2.75) is 26.4 Å². The summed E-state index contributed by atoms with van der Waals surface area (Å²) in [5, 5.41) is 15.7. The molecule has 2 rings (SSSR count). The van der Waals surface area contributed by atoms with Crippen molar-refractivity contribution < 1.29 is 14.6 Å². The Hall–Kier alpha value is -2.23.